The van der Waals surface area contributed by atoms with Crippen molar-refractivity contribution in [3.05, 3.63) is 42.2 Å². The lowest BCUT2D eigenvalue weighted by Gasteiger charge is -2.34. The van der Waals surface area contributed by atoms with Crippen molar-refractivity contribution in [2.45, 2.75) is 44.1 Å². The number of aromatic nitrogens is 5. The zero-order chi connectivity index (χ0) is 18.4. The number of fused-ring (bicyclic) bond motifs is 1. The van der Waals surface area contributed by atoms with Crippen LogP contribution in [0.5, 0.6) is 0 Å². The Labute approximate surface area is 155 Å². The first-order valence-corrected chi connectivity index (χ1v) is 9.40. The van der Waals surface area contributed by atoms with Crippen LogP contribution in [0.3, 0.4) is 0 Å². The Bertz CT molecular complexity index is 968. The molecule has 27 heavy (non-hydrogen) atoms. The molecule has 0 N–H and O–H groups in total. The Morgan fingerprint density at radius 2 is 1.93 bits per heavy atom. The SMILES string of the molecule is FC(F)c1nc(N2CCCC(c3nncn3C3CC3)C2)c2ccccc2n1. The minimum atomic E-state index is -2.69. The molecule has 0 radical (unpaired) electrons. The van der Waals surface area contributed by atoms with Crippen LogP contribution in [0.2, 0.25) is 0 Å². The molecule has 0 bridgehead atoms. The molecule has 6 nitrogen and oxygen atoms in total. The molecule has 5 rings (SSSR count). The van der Waals surface area contributed by atoms with Crippen molar-refractivity contribution >= 4 is 16.7 Å². The summed E-state index contributed by atoms with van der Waals surface area (Å²) in [6, 6.07) is 7.89. The van der Waals surface area contributed by atoms with E-state index in [-0.39, 0.29) is 5.92 Å². The number of benzene rings is 1. The van der Waals surface area contributed by atoms with E-state index in [9.17, 15) is 8.78 Å². The van der Waals surface area contributed by atoms with Gasteiger partial charge in [-0.3, -0.25) is 0 Å². The predicted molar refractivity (Wildman–Crippen MR) is 97.0 cm³/mol. The molecular weight excluding hydrogens is 350 g/mol. The van der Waals surface area contributed by atoms with E-state index in [4.69, 9.17) is 0 Å². The highest BCUT2D eigenvalue weighted by Crippen LogP contribution is 2.39. The van der Waals surface area contributed by atoms with Gasteiger partial charge in [0.15, 0.2) is 5.82 Å². The van der Waals surface area contributed by atoms with Gasteiger partial charge in [-0.15, -0.1) is 10.2 Å². The summed E-state index contributed by atoms with van der Waals surface area (Å²) in [5, 5.41) is 9.30. The summed E-state index contributed by atoms with van der Waals surface area (Å²) in [6.07, 6.45) is 3.47. The Hall–Kier alpha value is -2.64. The van der Waals surface area contributed by atoms with Crippen LogP contribution in [0.25, 0.3) is 10.9 Å². The molecule has 140 valence electrons. The van der Waals surface area contributed by atoms with Gasteiger partial charge in [0.05, 0.1) is 5.52 Å². The molecule has 1 aromatic carbocycles. The molecule has 3 aromatic rings. The van der Waals surface area contributed by atoms with Crippen molar-refractivity contribution in [2.75, 3.05) is 18.0 Å². The zero-order valence-corrected chi connectivity index (χ0v) is 14.8. The largest absolute Gasteiger partial charge is 0.355 e. The van der Waals surface area contributed by atoms with Crippen molar-refractivity contribution in [2.24, 2.45) is 0 Å². The standard InChI is InChI=1S/C19H20F2N6/c20-16(21)17-23-15-6-2-1-5-14(15)19(24-17)26-9-3-4-12(10-26)18-25-22-11-27(18)13-7-8-13/h1-2,5-6,11-13,16H,3-4,7-10H2. The molecule has 0 spiro atoms. The maximum absolute atomic E-state index is 13.3. The van der Waals surface area contributed by atoms with Crippen molar-refractivity contribution in [1.82, 2.24) is 24.7 Å². The van der Waals surface area contributed by atoms with E-state index >= 15 is 0 Å². The Balaban J connectivity index is 1.51. The predicted octanol–water partition coefficient (Wildman–Crippen LogP) is 3.88. The van der Waals surface area contributed by atoms with Gasteiger partial charge in [-0.2, -0.15) is 0 Å². The Morgan fingerprint density at radius 1 is 1.07 bits per heavy atom. The third-order valence-electron chi connectivity index (χ3n) is 5.42. The summed E-state index contributed by atoms with van der Waals surface area (Å²) in [6.45, 7) is 1.49. The number of nitrogens with zero attached hydrogens (tertiary/aromatic N) is 6. The summed E-state index contributed by atoms with van der Waals surface area (Å²) in [4.78, 5) is 10.4. The van der Waals surface area contributed by atoms with E-state index in [1.165, 1.54) is 12.8 Å². The van der Waals surface area contributed by atoms with Crippen LogP contribution >= 0.6 is 0 Å². The van der Waals surface area contributed by atoms with Gasteiger partial charge in [-0.1, -0.05) is 12.1 Å². The van der Waals surface area contributed by atoms with Gasteiger partial charge < -0.3 is 9.47 Å². The minimum Gasteiger partial charge on any atom is -0.355 e. The average molecular weight is 370 g/mol. The molecule has 2 fully saturated rings. The van der Waals surface area contributed by atoms with Gasteiger partial charge in [-0.25, -0.2) is 18.7 Å². The van der Waals surface area contributed by atoms with Crippen LogP contribution in [-0.4, -0.2) is 37.8 Å². The van der Waals surface area contributed by atoms with Crippen LogP contribution in [0.1, 0.15) is 55.7 Å². The number of para-hydroxylation sites is 1. The minimum absolute atomic E-state index is 0.227. The molecular formula is C19H20F2N6. The number of hydrogen-bond acceptors (Lipinski definition) is 5. The molecule has 1 saturated heterocycles. The summed E-state index contributed by atoms with van der Waals surface area (Å²) in [7, 11) is 0. The van der Waals surface area contributed by atoms with Gasteiger partial charge in [0, 0.05) is 30.4 Å². The van der Waals surface area contributed by atoms with E-state index in [0.717, 1.165) is 30.6 Å². The molecule has 8 heteroatoms. The van der Waals surface area contributed by atoms with Gasteiger partial charge in [0.25, 0.3) is 6.43 Å². The summed E-state index contributed by atoms with van der Waals surface area (Å²) in [5.41, 5.74) is 0.557. The number of rotatable bonds is 4. The van der Waals surface area contributed by atoms with E-state index in [2.05, 4.69) is 29.6 Å². The maximum Gasteiger partial charge on any atom is 0.297 e. The van der Waals surface area contributed by atoms with Crippen molar-refractivity contribution in [1.29, 1.82) is 0 Å². The topological polar surface area (TPSA) is 59.7 Å². The van der Waals surface area contributed by atoms with Crippen LogP contribution in [0.4, 0.5) is 14.6 Å². The molecule has 1 aliphatic carbocycles. The second-order valence-corrected chi connectivity index (χ2v) is 7.34. The molecule has 3 heterocycles. The normalized spacial score (nSPS) is 20.6. The molecule has 0 amide bonds. The molecule has 2 aromatic heterocycles. The highest BCUT2D eigenvalue weighted by molar-refractivity contribution is 5.89. The van der Waals surface area contributed by atoms with Gasteiger partial charge >= 0.3 is 0 Å². The monoisotopic (exact) mass is 370 g/mol. The van der Waals surface area contributed by atoms with Crippen LogP contribution < -0.4 is 4.90 Å². The first-order chi connectivity index (χ1) is 13.2. The second kappa shape index (κ2) is 6.51. The Kier molecular flexibility index (Phi) is 3.98. The molecule has 1 aliphatic heterocycles. The van der Waals surface area contributed by atoms with E-state index < -0.39 is 12.2 Å². The summed E-state index contributed by atoms with van der Waals surface area (Å²) in [5.74, 6) is 1.42. The fraction of sp³-hybridized carbons (Fsp3) is 0.474. The average Bonchev–Trinajstić information content (AvgIpc) is 3.43. The molecule has 2 aliphatic rings. The van der Waals surface area contributed by atoms with Crippen molar-refractivity contribution < 1.29 is 8.78 Å². The van der Waals surface area contributed by atoms with Gasteiger partial charge in [0.2, 0.25) is 0 Å². The number of anilines is 1. The van der Waals surface area contributed by atoms with Crippen LogP contribution in [0.15, 0.2) is 30.6 Å². The first-order valence-electron chi connectivity index (χ1n) is 9.40. The fourth-order valence-corrected chi connectivity index (χ4v) is 3.97. The summed E-state index contributed by atoms with van der Waals surface area (Å²) >= 11 is 0. The van der Waals surface area contributed by atoms with Gasteiger partial charge in [-0.05, 0) is 37.8 Å². The van der Waals surface area contributed by atoms with Gasteiger partial charge in [0.1, 0.15) is 18.0 Å². The Morgan fingerprint density at radius 3 is 2.74 bits per heavy atom. The third-order valence-corrected chi connectivity index (χ3v) is 5.42. The second-order valence-electron chi connectivity index (χ2n) is 7.34. The van der Waals surface area contributed by atoms with E-state index in [1.807, 2.05) is 24.5 Å². The highest BCUT2D eigenvalue weighted by Gasteiger charge is 2.32. The lowest BCUT2D eigenvalue weighted by atomic mass is 9.96. The first kappa shape index (κ1) is 16.5. The lowest BCUT2D eigenvalue weighted by molar-refractivity contribution is 0.141. The number of piperidine rings is 1. The maximum atomic E-state index is 13.3. The third kappa shape index (κ3) is 3.02. The lowest BCUT2D eigenvalue weighted by Crippen LogP contribution is -2.36. The van der Waals surface area contributed by atoms with Crippen molar-refractivity contribution in [3.8, 4) is 0 Å². The highest BCUT2D eigenvalue weighted by atomic mass is 19.3. The quantitative estimate of drug-likeness (QED) is 0.698. The van der Waals surface area contributed by atoms with Crippen molar-refractivity contribution in [3.63, 3.8) is 0 Å². The zero-order valence-electron chi connectivity index (χ0n) is 14.8. The molecule has 1 unspecified atom stereocenters. The number of halogens is 2. The fourth-order valence-electron chi connectivity index (χ4n) is 3.97. The summed E-state index contributed by atoms with van der Waals surface area (Å²) < 4.78 is 28.8. The van der Waals surface area contributed by atoms with E-state index in [1.54, 1.807) is 6.07 Å². The smallest absolute Gasteiger partial charge is 0.297 e. The molecule has 1 atom stereocenters. The molecule has 1 saturated carbocycles. The number of alkyl halides is 2. The van der Waals surface area contributed by atoms with E-state index in [0.29, 0.717) is 23.9 Å². The number of hydrogen-bond donors (Lipinski definition) is 0. The van der Waals surface area contributed by atoms with Crippen LogP contribution in [-0.2, 0) is 0 Å². The van der Waals surface area contributed by atoms with Crippen LogP contribution in [0, 0.1) is 0 Å².